The summed E-state index contributed by atoms with van der Waals surface area (Å²) in [5.41, 5.74) is 0.679. The Hall–Kier alpha value is -1.73. The molecule has 3 aliphatic carbocycles. The van der Waals surface area contributed by atoms with Gasteiger partial charge >= 0.3 is 13.1 Å². The molecule has 7 heteroatoms. The van der Waals surface area contributed by atoms with E-state index in [-0.39, 0.29) is 24.6 Å². The highest BCUT2D eigenvalue weighted by molar-refractivity contribution is 6.47. The molecule has 1 aliphatic heterocycles. The summed E-state index contributed by atoms with van der Waals surface area (Å²) in [5.74, 6) is 1.80. The van der Waals surface area contributed by atoms with Gasteiger partial charge in [-0.15, -0.1) is 0 Å². The third-order valence-corrected chi connectivity index (χ3v) is 8.20. The first-order valence-electron chi connectivity index (χ1n) is 12.1. The van der Waals surface area contributed by atoms with Crippen molar-refractivity contribution in [1.29, 1.82) is 0 Å². The van der Waals surface area contributed by atoms with Crippen molar-refractivity contribution in [3.63, 3.8) is 0 Å². The minimum absolute atomic E-state index is 0.0847. The van der Waals surface area contributed by atoms with Crippen molar-refractivity contribution < 1.29 is 28.3 Å². The minimum atomic E-state index is -0.623. The third-order valence-electron chi connectivity index (χ3n) is 8.20. The molecule has 1 aromatic rings. The lowest BCUT2D eigenvalue weighted by Crippen LogP contribution is -2.65. The van der Waals surface area contributed by atoms with E-state index in [0.717, 1.165) is 17.9 Å². The maximum Gasteiger partial charge on any atom is 0.461 e. The van der Waals surface area contributed by atoms with Gasteiger partial charge in [0.2, 0.25) is 0 Å². The molecule has 1 saturated heterocycles. The lowest BCUT2D eigenvalue weighted by atomic mass is 9.43. The summed E-state index contributed by atoms with van der Waals surface area (Å²) in [6, 6.07) is 3.75. The van der Waals surface area contributed by atoms with E-state index < -0.39 is 11.6 Å². The maximum absolute atomic E-state index is 13.0. The molecule has 3 saturated carbocycles. The van der Waals surface area contributed by atoms with E-state index in [1.165, 1.54) is 6.42 Å². The lowest BCUT2D eigenvalue weighted by molar-refractivity contribution is -0.199. The second-order valence-electron chi connectivity index (χ2n) is 11.9. The topological polar surface area (TPSA) is 63.2 Å². The van der Waals surface area contributed by atoms with Crippen LogP contribution in [0.4, 0.5) is 0 Å². The van der Waals surface area contributed by atoms with Gasteiger partial charge in [0.05, 0.1) is 25.9 Å². The van der Waals surface area contributed by atoms with Crippen molar-refractivity contribution in [3.05, 3.63) is 23.3 Å². The van der Waals surface area contributed by atoms with Crippen LogP contribution in [0.3, 0.4) is 0 Å². The van der Waals surface area contributed by atoms with E-state index in [2.05, 4.69) is 27.7 Å². The molecule has 0 spiro atoms. The van der Waals surface area contributed by atoms with Crippen molar-refractivity contribution in [1.82, 2.24) is 0 Å². The van der Waals surface area contributed by atoms with Gasteiger partial charge in [-0.05, 0) is 81.7 Å². The Morgan fingerprint density at radius 3 is 2.45 bits per heavy atom. The van der Waals surface area contributed by atoms with Crippen LogP contribution in [0, 0.1) is 17.3 Å². The molecule has 0 amide bonds. The molecule has 0 aromatic heterocycles. The molecule has 5 atom stereocenters. The van der Waals surface area contributed by atoms with Gasteiger partial charge in [-0.3, -0.25) is 0 Å². The first kappa shape index (κ1) is 24.4. The summed E-state index contributed by atoms with van der Waals surface area (Å²) in [6.45, 7) is 14.6. The van der Waals surface area contributed by atoms with Crippen LogP contribution in [0.25, 0.3) is 0 Å². The quantitative estimate of drug-likeness (QED) is 0.425. The Kier molecular flexibility index (Phi) is 6.06. The molecular weight excluding hydrogens is 419 g/mol. The van der Waals surface area contributed by atoms with Crippen molar-refractivity contribution in [2.75, 3.05) is 14.2 Å². The van der Waals surface area contributed by atoms with E-state index >= 15 is 0 Å². The first-order chi connectivity index (χ1) is 15.3. The molecule has 2 bridgehead atoms. The summed E-state index contributed by atoms with van der Waals surface area (Å²) >= 11 is 0. The van der Waals surface area contributed by atoms with Crippen LogP contribution in [0.15, 0.2) is 12.1 Å². The highest BCUT2D eigenvalue weighted by atomic mass is 16.7. The zero-order valence-corrected chi connectivity index (χ0v) is 21.6. The Labute approximate surface area is 198 Å². The number of esters is 1. The van der Waals surface area contributed by atoms with Crippen LogP contribution in [-0.2, 0) is 20.5 Å². The standard InChI is InChI=1S/C26H39BO6/c1-15(27-32-20-14-17-13-19(25(17,5)6)26(20,7)33-27)12-16-10-11-18(29-8)21(22(16)30-9)23(28)31-24(2,3)4/h10-11,15,17,19-20H,12-14H2,1-9H3/t15-,17+,19+,20?,26+/m1/s1. The Morgan fingerprint density at radius 2 is 1.88 bits per heavy atom. The van der Waals surface area contributed by atoms with Crippen molar-refractivity contribution in [2.45, 2.75) is 90.9 Å². The zero-order valence-electron chi connectivity index (χ0n) is 21.6. The summed E-state index contributed by atoms with van der Waals surface area (Å²) < 4.78 is 30.0. The first-order valence-corrected chi connectivity index (χ1v) is 12.1. The number of hydrogen-bond acceptors (Lipinski definition) is 6. The van der Waals surface area contributed by atoms with E-state index in [1.807, 2.05) is 26.8 Å². The molecule has 6 nitrogen and oxygen atoms in total. The molecule has 4 fully saturated rings. The summed E-state index contributed by atoms with van der Waals surface area (Å²) in [6.07, 6.45) is 3.10. The SMILES string of the molecule is COc1ccc(C[C@@H](C)B2OC3C[C@@H]4C[C@@H](C4(C)C)[C@]3(C)O2)c(OC)c1C(=O)OC(C)(C)C. The fourth-order valence-electron chi connectivity index (χ4n) is 6.28. The fraction of sp³-hybridized carbons (Fsp3) is 0.731. The van der Waals surface area contributed by atoms with Crippen LogP contribution < -0.4 is 9.47 Å². The predicted octanol–water partition coefficient (Wildman–Crippen LogP) is 5.32. The van der Waals surface area contributed by atoms with Crippen LogP contribution >= 0.6 is 0 Å². The number of methoxy groups -OCH3 is 2. The van der Waals surface area contributed by atoms with E-state index in [0.29, 0.717) is 34.8 Å². The van der Waals surface area contributed by atoms with Gasteiger partial charge in [-0.2, -0.15) is 0 Å². The summed E-state index contributed by atoms with van der Waals surface area (Å²) in [7, 11) is 2.83. The molecule has 1 heterocycles. The van der Waals surface area contributed by atoms with Crippen molar-refractivity contribution >= 4 is 13.1 Å². The van der Waals surface area contributed by atoms with Gasteiger partial charge in [0.1, 0.15) is 22.7 Å². The average Bonchev–Trinajstić information content (AvgIpc) is 3.09. The highest BCUT2D eigenvalue weighted by Crippen LogP contribution is 2.66. The molecule has 1 unspecified atom stereocenters. The molecule has 0 N–H and O–H groups in total. The molecule has 4 aliphatic rings. The van der Waals surface area contributed by atoms with Gasteiger partial charge in [-0.1, -0.05) is 26.8 Å². The number of carbonyl (C=O) groups is 1. The van der Waals surface area contributed by atoms with Gasteiger partial charge in [0.25, 0.3) is 0 Å². The Morgan fingerprint density at radius 1 is 1.18 bits per heavy atom. The molecule has 1 aromatic carbocycles. The molecule has 0 radical (unpaired) electrons. The zero-order chi connectivity index (χ0) is 24.3. The third kappa shape index (κ3) is 4.05. The largest absolute Gasteiger partial charge is 0.496 e. The van der Waals surface area contributed by atoms with Crippen LogP contribution in [0.5, 0.6) is 11.5 Å². The highest BCUT2D eigenvalue weighted by Gasteiger charge is 2.68. The second-order valence-corrected chi connectivity index (χ2v) is 11.9. The number of rotatable bonds is 6. The van der Waals surface area contributed by atoms with Crippen LogP contribution in [0.1, 0.15) is 77.2 Å². The monoisotopic (exact) mass is 458 g/mol. The number of hydrogen-bond donors (Lipinski definition) is 0. The maximum atomic E-state index is 13.0. The molecular formula is C26H39BO6. The molecule has 5 rings (SSSR count). The second kappa shape index (κ2) is 8.19. The lowest BCUT2D eigenvalue weighted by Gasteiger charge is -2.64. The van der Waals surface area contributed by atoms with Crippen LogP contribution in [-0.4, -0.2) is 44.6 Å². The van der Waals surface area contributed by atoms with Gasteiger partial charge < -0.3 is 23.5 Å². The van der Waals surface area contributed by atoms with E-state index in [4.69, 9.17) is 23.5 Å². The smallest absolute Gasteiger partial charge is 0.461 e. The van der Waals surface area contributed by atoms with Crippen molar-refractivity contribution in [3.8, 4) is 11.5 Å². The summed E-state index contributed by atoms with van der Waals surface area (Å²) in [5, 5.41) is 0. The minimum Gasteiger partial charge on any atom is -0.496 e. The number of benzene rings is 1. The van der Waals surface area contributed by atoms with E-state index in [1.54, 1.807) is 20.3 Å². The van der Waals surface area contributed by atoms with Crippen LogP contribution in [0.2, 0.25) is 5.82 Å². The Balaban J connectivity index is 1.56. The normalized spacial score (nSPS) is 30.8. The van der Waals surface area contributed by atoms with Gasteiger partial charge in [0, 0.05) is 0 Å². The van der Waals surface area contributed by atoms with Gasteiger partial charge in [0.15, 0.2) is 0 Å². The van der Waals surface area contributed by atoms with Gasteiger partial charge in [-0.25, -0.2) is 4.79 Å². The molecule has 182 valence electrons. The number of ether oxygens (including phenoxy) is 3. The summed E-state index contributed by atoms with van der Waals surface area (Å²) in [4.78, 5) is 13.0. The number of carbonyl (C=O) groups excluding carboxylic acids is 1. The van der Waals surface area contributed by atoms with Crippen molar-refractivity contribution in [2.24, 2.45) is 17.3 Å². The Bertz CT molecular complexity index is 922. The van der Waals surface area contributed by atoms with E-state index in [9.17, 15) is 4.79 Å². The average molecular weight is 458 g/mol. The molecule has 33 heavy (non-hydrogen) atoms. The predicted molar refractivity (Wildman–Crippen MR) is 128 cm³/mol. The fourth-order valence-corrected chi connectivity index (χ4v) is 6.28.